The summed E-state index contributed by atoms with van der Waals surface area (Å²) >= 11 is 0. The van der Waals surface area contributed by atoms with Gasteiger partial charge in [-0.25, -0.2) is 0 Å². The van der Waals surface area contributed by atoms with Crippen LogP contribution in [0.3, 0.4) is 0 Å². The van der Waals surface area contributed by atoms with Crippen LogP contribution in [-0.4, -0.2) is 0 Å². The van der Waals surface area contributed by atoms with Crippen LogP contribution in [0.15, 0.2) is 114 Å². The van der Waals surface area contributed by atoms with Gasteiger partial charge < -0.3 is 9.73 Å². The van der Waals surface area contributed by atoms with Crippen molar-refractivity contribution in [2.75, 3.05) is 5.32 Å². The number of furan rings is 1. The van der Waals surface area contributed by atoms with Crippen molar-refractivity contribution in [1.29, 1.82) is 0 Å². The first kappa shape index (κ1) is 16.9. The molecule has 30 heavy (non-hydrogen) atoms. The molecule has 0 fully saturated rings. The lowest BCUT2D eigenvalue weighted by molar-refractivity contribution is 0.674. The molecule has 5 aromatic carbocycles. The second-order valence-corrected chi connectivity index (χ2v) is 7.49. The molecule has 0 aliphatic carbocycles. The van der Waals surface area contributed by atoms with E-state index in [4.69, 9.17) is 4.42 Å². The smallest absolute Gasteiger partial charge is 0.145 e. The van der Waals surface area contributed by atoms with Crippen molar-refractivity contribution in [3.63, 3.8) is 0 Å². The molecular weight excluding hydrogens is 366 g/mol. The molecule has 0 atom stereocenters. The summed E-state index contributed by atoms with van der Waals surface area (Å²) < 4.78 is 6.59. The van der Waals surface area contributed by atoms with E-state index in [9.17, 15) is 0 Å². The van der Waals surface area contributed by atoms with Gasteiger partial charge in [-0.1, -0.05) is 78.9 Å². The van der Waals surface area contributed by atoms with Crippen molar-refractivity contribution in [2.24, 2.45) is 0 Å². The van der Waals surface area contributed by atoms with E-state index in [0.717, 1.165) is 49.8 Å². The Balaban J connectivity index is 1.70. The van der Waals surface area contributed by atoms with Gasteiger partial charge >= 0.3 is 0 Å². The van der Waals surface area contributed by atoms with Crippen LogP contribution < -0.4 is 5.32 Å². The zero-order valence-electron chi connectivity index (χ0n) is 16.3. The van der Waals surface area contributed by atoms with Crippen molar-refractivity contribution in [2.45, 2.75) is 0 Å². The van der Waals surface area contributed by atoms with Crippen LogP contribution in [0, 0.1) is 0 Å². The molecule has 6 rings (SSSR count). The number of benzene rings is 5. The number of hydrogen-bond donors (Lipinski definition) is 1. The van der Waals surface area contributed by atoms with Crippen molar-refractivity contribution in [3.8, 4) is 11.1 Å². The predicted molar refractivity (Wildman–Crippen MR) is 126 cm³/mol. The summed E-state index contributed by atoms with van der Waals surface area (Å²) in [4.78, 5) is 0. The highest BCUT2D eigenvalue weighted by Crippen LogP contribution is 2.42. The van der Waals surface area contributed by atoms with E-state index in [1.54, 1.807) is 0 Å². The first-order valence-corrected chi connectivity index (χ1v) is 10.1. The van der Waals surface area contributed by atoms with Gasteiger partial charge in [-0.3, -0.25) is 0 Å². The van der Waals surface area contributed by atoms with Gasteiger partial charge in [0.1, 0.15) is 11.2 Å². The molecule has 142 valence electrons. The number of rotatable bonds is 3. The Morgan fingerprint density at radius 2 is 1.27 bits per heavy atom. The molecule has 0 aliphatic rings. The molecule has 0 spiro atoms. The van der Waals surface area contributed by atoms with Gasteiger partial charge in [0.15, 0.2) is 0 Å². The Bertz CT molecular complexity index is 1500. The number of fused-ring (bicyclic) bond motifs is 5. The Morgan fingerprint density at radius 1 is 0.533 bits per heavy atom. The molecule has 2 heteroatoms. The third kappa shape index (κ3) is 2.66. The monoisotopic (exact) mass is 385 g/mol. The topological polar surface area (TPSA) is 25.2 Å². The first-order valence-electron chi connectivity index (χ1n) is 10.1. The first-order chi connectivity index (χ1) is 14.9. The van der Waals surface area contributed by atoms with Crippen LogP contribution in [0.4, 0.5) is 11.4 Å². The summed E-state index contributed by atoms with van der Waals surface area (Å²) in [5, 5.41) is 8.15. The summed E-state index contributed by atoms with van der Waals surface area (Å²) in [5.74, 6) is 0. The fourth-order valence-electron chi connectivity index (χ4n) is 4.23. The van der Waals surface area contributed by atoms with Crippen molar-refractivity contribution < 1.29 is 4.42 Å². The minimum atomic E-state index is 0.911. The molecule has 1 N–H and O–H groups in total. The molecule has 0 unspecified atom stereocenters. The standard InChI is InChI=1S/C28H19NO/c1-3-9-19(10-4-1)23-17-18-25(29-21-12-5-2-6-13-21)26-24-16-15-20-11-7-8-14-22(20)27(24)30-28(23)26/h1-18,29H. The third-order valence-corrected chi connectivity index (χ3v) is 5.65. The third-order valence-electron chi connectivity index (χ3n) is 5.65. The molecule has 6 aromatic rings. The summed E-state index contributed by atoms with van der Waals surface area (Å²) in [5.41, 5.74) is 6.20. The van der Waals surface area contributed by atoms with Crippen LogP contribution in [0.1, 0.15) is 0 Å². The van der Waals surface area contributed by atoms with E-state index in [0.29, 0.717) is 0 Å². The van der Waals surface area contributed by atoms with Crippen LogP contribution in [-0.2, 0) is 0 Å². The molecule has 0 saturated carbocycles. The Hall–Kier alpha value is -4.04. The summed E-state index contributed by atoms with van der Waals surface area (Å²) in [6, 6.07) is 37.7. The maximum absolute atomic E-state index is 6.59. The summed E-state index contributed by atoms with van der Waals surface area (Å²) in [7, 11) is 0. The van der Waals surface area contributed by atoms with Crippen molar-refractivity contribution in [3.05, 3.63) is 109 Å². The van der Waals surface area contributed by atoms with Crippen LogP contribution in [0.2, 0.25) is 0 Å². The van der Waals surface area contributed by atoms with Gasteiger partial charge in [0.25, 0.3) is 0 Å². The normalized spacial score (nSPS) is 11.3. The van der Waals surface area contributed by atoms with Crippen LogP contribution >= 0.6 is 0 Å². The molecule has 0 amide bonds. The predicted octanol–water partition coefficient (Wildman–Crippen LogP) is 8.15. The Labute approximate surface area is 174 Å². The minimum Gasteiger partial charge on any atom is -0.455 e. The van der Waals surface area contributed by atoms with E-state index in [2.05, 4.69) is 90.2 Å². The van der Waals surface area contributed by atoms with E-state index in [1.165, 1.54) is 5.39 Å². The fraction of sp³-hybridized carbons (Fsp3) is 0. The van der Waals surface area contributed by atoms with E-state index in [-0.39, 0.29) is 0 Å². The minimum absolute atomic E-state index is 0.911. The van der Waals surface area contributed by atoms with Gasteiger partial charge in [0, 0.05) is 22.0 Å². The van der Waals surface area contributed by atoms with E-state index in [1.807, 2.05) is 24.3 Å². The van der Waals surface area contributed by atoms with Gasteiger partial charge in [0.05, 0.1) is 11.1 Å². The van der Waals surface area contributed by atoms with Crippen LogP contribution in [0.5, 0.6) is 0 Å². The zero-order chi connectivity index (χ0) is 19.9. The quantitative estimate of drug-likeness (QED) is 0.332. The maximum Gasteiger partial charge on any atom is 0.145 e. The summed E-state index contributed by atoms with van der Waals surface area (Å²) in [6.45, 7) is 0. The lowest BCUT2D eigenvalue weighted by Crippen LogP contribution is -1.91. The Morgan fingerprint density at radius 3 is 2.10 bits per heavy atom. The largest absolute Gasteiger partial charge is 0.455 e. The number of para-hydroxylation sites is 1. The lowest BCUT2D eigenvalue weighted by atomic mass is 10.00. The molecule has 0 aliphatic heterocycles. The molecule has 0 saturated heterocycles. The highest BCUT2D eigenvalue weighted by atomic mass is 16.3. The average molecular weight is 385 g/mol. The maximum atomic E-state index is 6.59. The molecule has 1 aromatic heterocycles. The van der Waals surface area contributed by atoms with Crippen molar-refractivity contribution in [1.82, 2.24) is 0 Å². The molecule has 0 radical (unpaired) electrons. The van der Waals surface area contributed by atoms with Gasteiger partial charge in [-0.15, -0.1) is 0 Å². The Kier molecular flexibility index (Phi) is 3.82. The fourth-order valence-corrected chi connectivity index (χ4v) is 4.23. The summed E-state index contributed by atoms with van der Waals surface area (Å²) in [6.07, 6.45) is 0. The highest BCUT2D eigenvalue weighted by molar-refractivity contribution is 6.21. The molecule has 1 heterocycles. The number of nitrogens with one attached hydrogen (secondary N) is 1. The molecule has 2 nitrogen and oxygen atoms in total. The highest BCUT2D eigenvalue weighted by Gasteiger charge is 2.17. The van der Waals surface area contributed by atoms with E-state index >= 15 is 0 Å². The number of anilines is 2. The lowest BCUT2D eigenvalue weighted by Gasteiger charge is -2.10. The van der Waals surface area contributed by atoms with Crippen molar-refractivity contribution >= 4 is 44.1 Å². The second-order valence-electron chi connectivity index (χ2n) is 7.49. The zero-order valence-corrected chi connectivity index (χ0v) is 16.3. The van der Waals surface area contributed by atoms with Gasteiger partial charge in [0.2, 0.25) is 0 Å². The average Bonchev–Trinajstić information content (AvgIpc) is 3.21. The molecule has 0 bridgehead atoms. The van der Waals surface area contributed by atoms with Gasteiger partial charge in [-0.05, 0) is 41.3 Å². The second kappa shape index (κ2) is 6.78. The molecular formula is C28H19NO. The SMILES string of the molecule is c1ccc(Nc2ccc(-c3ccccc3)c3oc4c5ccccc5ccc4c23)cc1. The van der Waals surface area contributed by atoms with E-state index < -0.39 is 0 Å². The van der Waals surface area contributed by atoms with Crippen LogP contribution in [0.25, 0.3) is 43.8 Å². The van der Waals surface area contributed by atoms with Gasteiger partial charge in [-0.2, -0.15) is 0 Å². The number of hydrogen-bond acceptors (Lipinski definition) is 2.